The molecule has 0 heterocycles. The van der Waals surface area contributed by atoms with Crippen LogP contribution in [0, 0.1) is 0 Å². The van der Waals surface area contributed by atoms with Gasteiger partial charge in [0.25, 0.3) is 0 Å². The van der Waals surface area contributed by atoms with Gasteiger partial charge < -0.3 is 14.1 Å². The van der Waals surface area contributed by atoms with Gasteiger partial charge in [0.1, 0.15) is 0 Å². The zero-order valence-electron chi connectivity index (χ0n) is 1.58. The molecule has 0 saturated heterocycles. The molecule has 4 heavy (non-hydrogen) atoms. The van der Waals surface area contributed by atoms with Gasteiger partial charge in [-0.2, -0.15) is 0 Å². The molecule has 0 amide bonds. The summed E-state index contributed by atoms with van der Waals surface area (Å²) in [6.45, 7) is 0. The van der Waals surface area contributed by atoms with Crippen molar-refractivity contribution in [2.45, 2.75) is 0 Å². The van der Waals surface area contributed by atoms with E-state index in [1.54, 1.807) is 0 Å². The minimum Gasteiger partial charge on any atom is -1.00 e. The van der Waals surface area contributed by atoms with Gasteiger partial charge in [-0.3, -0.25) is 0 Å². The van der Waals surface area contributed by atoms with Crippen LogP contribution in [0.4, 0.5) is 0 Å². The molecule has 0 rings (SSSR count). The van der Waals surface area contributed by atoms with Gasteiger partial charge in [0, 0.05) is 0 Å². The maximum absolute atomic E-state index is 0. The van der Waals surface area contributed by atoms with Crippen molar-refractivity contribution >= 4 is 18.0 Å². The Kier molecular flexibility index (Phi) is 15300. The fourth-order valence-electron chi connectivity index (χ4n) is 0. The van der Waals surface area contributed by atoms with Crippen molar-refractivity contribution in [2.75, 3.05) is 0 Å². The summed E-state index contributed by atoms with van der Waals surface area (Å²) in [5.74, 6) is 0. The minimum absolute atomic E-state index is 0. The van der Waals surface area contributed by atoms with E-state index in [9.17, 15) is 0 Å². The molecule has 0 saturated carbocycles. The van der Waals surface area contributed by atoms with Crippen LogP contribution in [0.2, 0.25) is 0 Å². The molecule has 2 radical (unpaired) electrons. The summed E-state index contributed by atoms with van der Waals surface area (Å²) in [7, 11) is 0. The van der Waals surface area contributed by atoms with Crippen LogP contribution in [0.15, 0.2) is 0 Å². The van der Waals surface area contributed by atoms with Crippen molar-refractivity contribution in [1.82, 2.24) is 0 Å². The maximum atomic E-state index is 0. The summed E-state index contributed by atoms with van der Waals surface area (Å²) in [6, 6.07) is 0. The van der Waals surface area contributed by atoms with Gasteiger partial charge in [-0.1, -0.05) is 0 Å². The Balaban J connectivity index is 0. The second-order valence-corrected chi connectivity index (χ2v) is 0. The predicted octanol–water partition coefficient (Wildman–Crippen LogP) is -9.37. The molecular formula is AsF3. The first-order valence-corrected chi connectivity index (χ1v) is 0. The second-order valence-electron chi connectivity index (χ2n) is 0. The third-order valence-corrected chi connectivity index (χ3v) is 0. The van der Waals surface area contributed by atoms with Crippen molar-refractivity contribution < 1.29 is 14.1 Å². The van der Waals surface area contributed by atoms with Gasteiger partial charge in [-0.15, -0.1) is 0 Å². The molecule has 0 bridgehead atoms. The summed E-state index contributed by atoms with van der Waals surface area (Å²) >= 11 is 0. The average Bonchev–Trinajstić information content (AvgIpc) is 0. The van der Waals surface area contributed by atoms with Crippen LogP contribution in [0.5, 0.6) is 0 Å². The molecule has 0 atom stereocenters. The van der Waals surface area contributed by atoms with E-state index in [1.807, 2.05) is 0 Å². The number of hydrogen-bond acceptors (Lipinski definition) is 0. The van der Waals surface area contributed by atoms with Gasteiger partial charge >= 0.3 is 18.0 Å². The first-order valence-electron chi connectivity index (χ1n) is 0. The van der Waals surface area contributed by atoms with E-state index in [2.05, 4.69) is 0 Å². The minimum atomic E-state index is 0. The van der Waals surface area contributed by atoms with Gasteiger partial charge in [0.2, 0.25) is 0 Å². The van der Waals surface area contributed by atoms with Gasteiger partial charge in [0.05, 0.1) is 0 Å². The molecule has 0 aromatic carbocycles. The zero-order chi connectivity index (χ0) is 0. The van der Waals surface area contributed by atoms with Crippen LogP contribution in [-0.4, -0.2) is 18.0 Å². The van der Waals surface area contributed by atoms with Gasteiger partial charge in [-0.25, -0.2) is 0 Å². The Labute approximate surface area is 33.0 Å². The monoisotopic (exact) mass is 132 g/mol. The Morgan fingerprint density at radius 1 is 0.500 bits per heavy atom. The summed E-state index contributed by atoms with van der Waals surface area (Å²) in [6.07, 6.45) is 0. The van der Waals surface area contributed by atoms with E-state index < -0.39 is 0 Å². The standard InChI is InChI=1S/As.3FH/h;3*1H/q+3;;;/p-3. The smallest absolute Gasteiger partial charge is 1.00 e. The van der Waals surface area contributed by atoms with E-state index in [0.29, 0.717) is 0 Å². The van der Waals surface area contributed by atoms with Crippen molar-refractivity contribution in [3.8, 4) is 0 Å². The maximum Gasteiger partial charge on any atom is 3.00 e. The van der Waals surface area contributed by atoms with Gasteiger partial charge in [0.15, 0.2) is 0 Å². The zero-order valence-corrected chi connectivity index (χ0v) is 3.46. The normalized spacial score (nSPS) is 0. The van der Waals surface area contributed by atoms with Crippen molar-refractivity contribution in [2.24, 2.45) is 0 Å². The van der Waals surface area contributed by atoms with E-state index in [1.165, 1.54) is 0 Å². The van der Waals surface area contributed by atoms with Crippen molar-refractivity contribution in [3.63, 3.8) is 0 Å². The summed E-state index contributed by atoms with van der Waals surface area (Å²) < 4.78 is 0. The predicted molar refractivity (Wildman–Crippen MR) is 5.75 cm³/mol. The number of halogens is 3. The summed E-state index contributed by atoms with van der Waals surface area (Å²) in [5, 5.41) is 0. The molecule has 0 spiro atoms. The van der Waals surface area contributed by atoms with Crippen LogP contribution in [0.3, 0.4) is 0 Å². The van der Waals surface area contributed by atoms with E-state index >= 15 is 0 Å². The molecule has 0 aliphatic carbocycles. The third-order valence-electron chi connectivity index (χ3n) is 0. The average molecular weight is 132 g/mol. The molecule has 0 fully saturated rings. The SMILES string of the molecule is [As+3].[F-].[F-].[F-]. The van der Waals surface area contributed by atoms with E-state index in [-0.39, 0.29) is 32.1 Å². The molecule has 0 nitrogen and oxygen atoms in total. The largest absolute Gasteiger partial charge is 3.00 e. The molecule has 0 N–H and O–H groups in total. The first-order chi connectivity index (χ1) is 0. The van der Waals surface area contributed by atoms with Crippen LogP contribution in [0.1, 0.15) is 0 Å². The molecule has 0 aliphatic heterocycles. The van der Waals surface area contributed by atoms with E-state index in [4.69, 9.17) is 0 Å². The first kappa shape index (κ1) is 402. The van der Waals surface area contributed by atoms with Crippen molar-refractivity contribution in [1.29, 1.82) is 0 Å². The molecule has 0 aromatic heterocycles. The molecule has 4 heteroatoms. The Bertz CT molecular complexity index is 3.25. The Morgan fingerprint density at radius 3 is 0.500 bits per heavy atom. The molecular weight excluding hydrogens is 132 g/mol. The second kappa shape index (κ2) is 152. The fraction of sp³-hybridized carbons (Fsp3) is 0. The van der Waals surface area contributed by atoms with Crippen LogP contribution < -0.4 is 14.1 Å². The van der Waals surface area contributed by atoms with Gasteiger partial charge in [-0.05, 0) is 0 Å². The molecule has 26 valence electrons. The molecule has 0 unspecified atom stereocenters. The summed E-state index contributed by atoms with van der Waals surface area (Å²) in [4.78, 5) is 0. The molecule has 0 aliphatic rings. The van der Waals surface area contributed by atoms with Crippen LogP contribution in [0.25, 0.3) is 0 Å². The molecule has 0 aromatic rings. The Morgan fingerprint density at radius 2 is 0.500 bits per heavy atom. The Hall–Kier alpha value is 0.348. The summed E-state index contributed by atoms with van der Waals surface area (Å²) in [5.41, 5.74) is 0. The van der Waals surface area contributed by atoms with E-state index in [0.717, 1.165) is 0 Å². The fourth-order valence-corrected chi connectivity index (χ4v) is 0. The van der Waals surface area contributed by atoms with Crippen LogP contribution in [-0.2, 0) is 0 Å². The van der Waals surface area contributed by atoms with Crippen molar-refractivity contribution in [3.05, 3.63) is 0 Å². The van der Waals surface area contributed by atoms with Crippen LogP contribution >= 0.6 is 0 Å². The number of hydrogen-bond donors (Lipinski definition) is 0. The topological polar surface area (TPSA) is 0 Å². The number of rotatable bonds is 0. The third kappa shape index (κ3) is 35.2. The quantitative estimate of drug-likeness (QED) is 0.287.